The number of carbonyl (C=O) groups excluding carboxylic acids is 2. The Kier molecular flexibility index (Phi) is 4.68. The van der Waals surface area contributed by atoms with Gasteiger partial charge in [0.1, 0.15) is 5.75 Å². The third-order valence-corrected chi connectivity index (χ3v) is 2.00. The van der Waals surface area contributed by atoms with Crippen LogP contribution in [-0.2, 0) is 19.6 Å². The third-order valence-electron chi connectivity index (χ3n) is 2.00. The van der Waals surface area contributed by atoms with Crippen molar-refractivity contribution >= 4 is 28.0 Å². The zero-order valence-corrected chi connectivity index (χ0v) is 15.0. The number of guanidine groups is 1. The SMILES string of the molecule is CS(=O)(=O)[O-].[2H]C([2H])([2H])C([2H])([2H])OC(=O)c1ccc(OC(=O)C([2H])([2H])C([2H])([2H])C([2H])([2H])C([2H])([2H])C([2H])([2H])[NH+]=C(N)N)cc1. The summed E-state index contributed by atoms with van der Waals surface area (Å²) in [7, 11) is -3.92. The van der Waals surface area contributed by atoms with Crippen molar-refractivity contribution in [1.29, 1.82) is 0 Å². The monoisotopic (exact) mass is 432 g/mol. The van der Waals surface area contributed by atoms with Crippen LogP contribution < -0.4 is 21.2 Å². The minimum atomic E-state index is -4.08. The fourth-order valence-electron chi connectivity index (χ4n) is 1.15. The van der Waals surface area contributed by atoms with Gasteiger partial charge in [0, 0.05) is 27.7 Å². The van der Waals surface area contributed by atoms with E-state index in [9.17, 15) is 9.59 Å². The minimum absolute atomic E-state index is 0.411. The van der Waals surface area contributed by atoms with Gasteiger partial charge >= 0.3 is 17.9 Å². The van der Waals surface area contributed by atoms with E-state index in [1.165, 1.54) is 0 Å². The average Bonchev–Trinajstić information content (AvgIpc) is 2.75. The molecule has 0 fully saturated rings. The molecule has 1 rings (SSSR count). The zero-order chi connectivity index (χ0) is 34.8. The summed E-state index contributed by atoms with van der Waals surface area (Å²) in [5, 5.41) is 0. The van der Waals surface area contributed by atoms with Gasteiger partial charge in [0.05, 0.1) is 34.2 Å². The highest BCUT2D eigenvalue weighted by molar-refractivity contribution is 7.84. The van der Waals surface area contributed by atoms with Crippen LogP contribution in [0.5, 0.6) is 5.75 Å². The molecule has 158 valence electrons. The Hall–Kier alpha value is -2.66. The molecule has 0 radical (unpaired) electrons. The molecule has 0 atom stereocenters. The lowest BCUT2D eigenvalue weighted by atomic mass is 10.2. The summed E-state index contributed by atoms with van der Waals surface area (Å²) in [5.74, 6) is -4.89. The highest BCUT2D eigenvalue weighted by atomic mass is 32.2. The van der Waals surface area contributed by atoms with E-state index in [0.29, 0.717) is 6.26 Å². The van der Waals surface area contributed by atoms with Crippen LogP contribution in [0.25, 0.3) is 0 Å². The molecule has 5 N–H and O–H groups in total. The quantitative estimate of drug-likeness (QED) is 0.143. The van der Waals surface area contributed by atoms with E-state index in [2.05, 4.69) is 4.74 Å². The summed E-state index contributed by atoms with van der Waals surface area (Å²) >= 11 is 0. The van der Waals surface area contributed by atoms with Crippen molar-refractivity contribution in [3.8, 4) is 5.75 Å². The maximum Gasteiger partial charge on any atom is 0.338 e. The van der Waals surface area contributed by atoms with Gasteiger partial charge in [-0.2, -0.15) is 0 Å². The highest BCUT2D eigenvalue weighted by Crippen LogP contribution is 2.14. The molecule has 28 heavy (non-hydrogen) atoms. The Morgan fingerprint density at radius 2 is 1.82 bits per heavy atom. The van der Waals surface area contributed by atoms with Crippen LogP contribution in [-0.4, -0.2) is 50.2 Å². The Balaban J connectivity index is 0.00000324. The summed E-state index contributed by atoms with van der Waals surface area (Å²) in [4.78, 5) is 26.1. The molecule has 0 amide bonds. The van der Waals surface area contributed by atoms with Crippen LogP contribution in [0.15, 0.2) is 24.3 Å². The molecule has 1 aromatic rings. The van der Waals surface area contributed by atoms with Gasteiger partial charge in [-0.05, 0) is 50.2 Å². The van der Waals surface area contributed by atoms with Gasteiger partial charge in [-0.1, -0.05) is 0 Å². The second kappa shape index (κ2) is 13.5. The summed E-state index contributed by atoms with van der Waals surface area (Å²) < 4.78 is 151. The lowest BCUT2D eigenvalue weighted by Crippen LogP contribution is -2.78. The number of esters is 2. The molecule has 1 aromatic carbocycles. The summed E-state index contributed by atoms with van der Waals surface area (Å²) in [6.45, 7) is -10.1. The zero-order valence-electron chi connectivity index (χ0n) is 29.2. The van der Waals surface area contributed by atoms with Gasteiger partial charge in [0.15, 0.2) is 0 Å². The van der Waals surface area contributed by atoms with Gasteiger partial charge < -0.3 is 14.0 Å². The van der Waals surface area contributed by atoms with Crippen molar-refractivity contribution in [2.75, 3.05) is 19.3 Å². The van der Waals surface area contributed by atoms with Crippen LogP contribution in [0, 0.1) is 0 Å². The lowest BCUT2D eigenvalue weighted by molar-refractivity contribution is -0.459. The largest absolute Gasteiger partial charge is 0.748 e. The third kappa shape index (κ3) is 15.6. The average molecular weight is 433 g/mol. The van der Waals surface area contributed by atoms with E-state index in [1.807, 2.05) is 0 Å². The van der Waals surface area contributed by atoms with Crippen molar-refractivity contribution in [3.05, 3.63) is 29.8 Å². The lowest BCUT2D eigenvalue weighted by Gasteiger charge is -2.05. The van der Waals surface area contributed by atoms with Crippen LogP contribution in [0.2, 0.25) is 0 Å². The maximum atomic E-state index is 12.5. The molecule has 0 aliphatic rings. The number of ether oxygens (including phenoxy) is 2. The highest BCUT2D eigenvalue weighted by Gasteiger charge is 2.08. The molecule has 0 aliphatic heterocycles. The fraction of sp³-hybridized carbons (Fsp3) is 0.471. The minimum Gasteiger partial charge on any atom is -0.748 e. The normalized spacial score (nSPS) is 21.7. The van der Waals surface area contributed by atoms with Crippen molar-refractivity contribution < 1.29 is 57.6 Å². The number of carbonyl (C=O) groups is 2. The maximum absolute atomic E-state index is 12.5. The molecule has 0 heterocycles. The Morgan fingerprint density at radius 1 is 1.21 bits per heavy atom. The molecular formula is C17H27N3O7S. The van der Waals surface area contributed by atoms with Gasteiger partial charge in [0.2, 0.25) is 0 Å². The number of hydrogen-bond donors (Lipinski definition) is 3. The molecule has 0 bridgehead atoms. The molecule has 0 unspecified atom stereocenters. The van der Waals surface area contributed by atoms with Crippen molar-refractivity contribution in [3.63, 3.8) is 0 Å². The van der Waals surface area contributed by atoms with Gasteiger partial charge in [0.25, 0.3) is 0 Å². The molecule has 0 aliphatic carbocycles. The molecule has 0 saturated carbocycles. The van der Waals surface area contributed by atoms with Crippen molar-refractivity contribution in [2.45, 2.75) is 32.3 Å². The second-order valence-corrected chi connectivity index (χ2v) is 5.72. The van der Waals surface area contributed by atoms with Crippen molar-refractivity contribution in [1.82, 2.24) is 0 Å². The predicted molar refractivity (Wildman–Crippen MR) is 101 cm³/mol. The Morgan fingerprint density at radius 3 is 2.36 bits per heavy atom. The van der Waals surface area contributed by atoms with Crippen LogP contribution in [0.4, 0.5) is 0 Å². The summed E-state index contributed by atoms with van der Waals surface area (Å²) in [6.07, 6.45) is -15.4. The van der Waals surface area contributed by atoms with E-state index < -0.39 is 84.7 Å². The first-order valence-electron chi connectivity index (χ1n) is 14.3. The number of nitrogens with two attached hydrogens (primary N) is 2. The molecule has 0 saturated heterocycles. The fourth-order valence-corrected chi connectivity index (χ4v) is 1.15. The van der Waals surface area contributed by atoms with Crippen LogP contribution in [0.1, 0.15) is 63.3 Å². The molecule has 0 spiro atoms. The van der Waals surface area contributed by atoms with Crippen molar-refractivity contribution in [2.24, 2.45) is 11.5 Å². The molecule has 0 aromatic heterocycles. The molecular weight excluding hydrogens is 390 g/mol. The smallest absolute Gasteiger partial charge is 0.338 e. The summed E-state index contributed by atoms with van der Waals surface area (Å²) in [6, 6.07) is 3.44. The molecule has 11 heteroatoms. The van der Waals surface area contributed by atoms with E-state index in [4.69, 9.17) is 49.7 Å². The first-order chi connectivity index (χ1) is 18.7. The first-order valence-corrected chi connectivity index (χ1v) is 8.60. The van der Waals surface area contributed by atoms with E-state index in [-0.39, 0.29) is 0 Å². The number of hydrogen-bond acceptors (Lipinski definition) is 7. The Labute approximate surface area is 185 Å². The van der Waals surface area contributed by atoms with Gasteiger partial charge in [-0.3, -0.25) is 21.3 Å². The number of rotatable bonds is 9. The van der Waals surface area contributed by atoms with Crippen LogP contribution >= 0.6 is 0 Å². The number of benzene rings is 1. The van der Waals surface area contributed by atoms with E-state index >= 15 is 0 Å². The van der Waals surface area contributed by atoms with E-state index in [0.717, 1.165) is 24.3 Å². The van der Waals surface area contributed by atoms with E-state index in [1.54, 1.807) is 4.99 Å². The summed E-state index contributed by atoms with van der Waals surface area (Å²) in [5.41, 5.74) is 9.72. The topological polar surface area (TPSA) is 176 Å². The van der Waals surface area contributed by atoms with Gasteiger partial charge in [-0.15, -0.1) is 0 Å². The second-order valence-electron chi connectivity index (χ2n) is 4.31. The van der Waals surface area contributed by atoms with Gasteiger partial charge in [-0.25, -0.2) is 13.2 Å². The predicted octanol–water partition coefficient (Wildman–Crippen LogP) is -1.16. The Bertz CT molecular complexity index is 1300. The van der Waals surface area contributed by atoms with Crippen LogP contribution in [0.3, 0.4) is 0 Å². The molecule has 10 nitrogen and oxygen atoms in total. The number of nitrogens with one attached hydrogen (secondary N) is 1. The first kappa shape index (κ1) is 9.70. The standard InChI is InChI=1S/C16H23N3O4.CH4O3S/c1-2-22-15(21)12-7-9-13(10-8-12)23-14(20)6-4-3-5-11-19-16(17)18;1-5(2,3)4/h7-10H,2-6,11H2,1H3,(H4,17,18,19);1H3,(H,2,3,4)/i1D3,2D2,3D2,4D2,5D2,6D2,11D2;.